The minimum atomic E-state index is -3.67. The van der Waals surface area contributed by atoms with Crippen LogP contribution in [0.5, 0.6) is 0 Å². The quantitative estimate of drug-likeness (QED) is 0.608. The summed E-state index contributed by atoms with van der Waals surface area (Å²) >= 11 is 0. The fraction of sp³-hybridized carbons (Fsp3) is 0.300. The zero-order valence-corrected chi connectivity index (χ0v) is 16.0. The topological polar surface area (TPSA) is 89.5 Å². The summed E-state index contributed by atoms with van der Waals surface area (Å²) < 4.78 is 31.2. The molecular formula is C20H21NO5S. The van der Waals surface area contributed by atoms with Gasteiger partial charge >= 0.3 is 5.97 Å². The monoisotopic (exact) mass is 387 g/mol. The fourth-order valence-corrected chi connectivity index (χ4v) is 3.93. The lowest BCUT2D eigenvalue weighted by Crippen LogP contribution is -2.25. The van der Waals surface area contributed by atoms with E-state index in [0.717, 1.165) is 19.3 Å². The molecule has 0 radical (unpaired) electrons. The summed E-state index contributed by atoms with van der Waals surface area (Å²) in [6.07, 6.45) is 2.10. The lowest BCUT2D eigenvalue weighted by molar-refractivity contribution is 0.0318. The van der Waals surface area contributed by atoms with Crippen molar-refractivity contribution in [1.29, 1.82) is 0 Å². The Morgan fingerprint density at radius 1 is 1.04 bits per heavy atom. The molecule has 0 aromatic heterocycles. The van der Waals surface area contributed by atoms with Gasteiger partial charge in [-0.05, 0) is 68.6 Å². The number of sulfonamides is 1. The standard InChI is InChI=1S/C20H21NO5S/c1-13(19(22)16-10-9-14-5-3-6-15(14)11-16)26-20(23)17-7-4-8-18(12-17)27(24,25)21-2/h4,7-13,21H,3,5-6H2,1-2H3. The number of fused-ring (bicyclic) bond motifs is 1. The third-order valence-electron chi connectivity index (χ3n) is 4.68. The van der Waals surface area contributed by atoms with Crippen LogP contribution in [0.2, 0.25) is 0 Å². The largest absolute Gasteiger partial charge is 0.451 e. The van der Waals surface area contributed by atoms with E-state index in [4.69, 9.17) is 4.74 Å². The predicted molar refractivity (Wildman–Crippen MR) is 100 cm³/mol. The number of aryl methyl sites for hydroxylation is 2. The van der Waals surface area contributed by atoms with Crippen LogP contribution >= 0.6 is 0 Å². The smallest absolute Gasteiger partial charge is 0.338 e. The highest BCUT2D eigenvalue weighted by Crippen LogP contribution is 2.24. The number of Topliss-reactive ketones (excluding diaryl/α,β-unsaturated/α-hetero) is 1. The first-order chi connectivity index (χ1) is 12.8. The van der Waals surface area contributed by atoms with Crippen molar-refractivity contribution in [2.45, 2.75) is 37.2 Å². The number of ketones is 1. The second-order valence-corrected chi connectivity index (χ2v) is 8.37. The Hall–Kier alpha value is -2.51. The first-order valence-electron chi connectivity index (χ1n) is 8.72. The molecule has 1 N–H and O–H groups in total. The van der Waals surface area contributed by atoms with Gasteiger partial charge in [-0.15, -0.1) is 0 Å². The van der Waals surface area contributed by atoms with Gasteiger partial charge in [0.2, 0.25) is 15.8 Å². The molecular weight excluding hydrogens is 366 g/mol. The van der Waals surface area contributed by atoms with Crippen LogP contribution in [-0.4, -0.2) is 33.3 Å². The number of nitrogens with one attached hydrogen (secondary N) is 1. The van der Waals surface area contributed by atoms with Gasteiger partial charge in [-0.3, -0.25) is 4.79 Å². The van der Waals surface area contributed by atoms with E-state index in [1.807, 2.05) is 12.1 Å². The normalized spacial score (nSPS) is 14.4. The van der Waals surface area contributed by atoms with Gasteiger partial charge < -0.3 is 4.74 Å². The molecule has 0 spiro atoms. The zero-order valence-electron chi connectivity index (χ0n) is 15.2. The lowest BCUT2D eigenvalue weighted by Gasteiger charge is -2.13. The molecule has 2 aromatic rings. The highest BCUT2D eigenvalue weighted by Gasteiger charge is 2.23. The van der Waals surface area contributed by atoms with Crippen LogP contribution in [0.25, 0.3) is 0 Å². The van der Waals surface area contributed by atoms with E-state index in [9.17, 15) is 18.0 Å². The van der Waals surface area contributed by atoms with Gasteiger partial charge in [-0.2, -0.15) is 0 Å². The number of rotatable bonds is 6. The van der Waals surface area contributed by atoms with Gasteiger partial charge in [-0.1, -0.05) is 18.2 Å². The van der Waals surface area contributed by atoms with Crippen LogP contribution in [0.4, 0.5) is 0 Å². The Balaban J connectivity index is 1.74. The number of carbonyl (C=O) groups is 2. The number of hydrogen-bond acceptors (Lipinski definition) is 5. The molecule has 0 fully saturated rings. The molecule has 1 unspecified atom stereocenters. The van der Waals surface area contributed by atoms with Crippen molar-refractivity contribution >= 4 is 21.8 Å². The van der Waals surface area contributed by atoms with E-state index < -0.39 is 22.1 Å². The Kier molecular flexibility index (Phi) is 5.43. The molecule has 0 saturated carbocycles. The molecule has 0 heterocycles. The van der Waals surface area contributed by atoms with Crippen LogP contribution in [-0.2, 0) is 27.6 Å². The van der Waals surface area contributed by atoms with Crippen LogP contribution < -0.4 is 4.72 Å². The van der Waals surface area contributed by atoms with Gasteiger partial charge in [0.05, 0.1) is 10.5 Å². The van der Waals surface area contributed by atoms with Crippen LogP contribution in [0, 0.1) is 0 Å². The molecule has 6 nitrogen and oxygen atoms in total. The van der Waals surface area contributed by atoms with Gasteiger partial charge in [0.1, 0.15) is 0 Å². The molecule has 1 aliphatic rings. The molecule has 0 saturated heterocycles. The zero-order chi connectivity index (χ0) is 19.6. The molecule has 27 heavy (non-hydrogen) atoms. The second-order valence-electron chi connectivity index (χ2n) is 6.48. The summed E-state index contributed by atoms with van der Waals surface area (Å²) in [5.41, 5.74) is 3.02. The van der Waals surface area contributed by atoms with Crippen molar-refractivity contribution in [3.63, 3.8) is 0 Å². The molecule has 1 atom stereocenters. The third-order valence-corrected chi connectivity index (χ3v) is 6.10. The van der Waals surface area contributed by atoms with Crippen molar-refractivity contribution in [2.75, 3.05) is 7.05 Å². The molecule has 7 heteroatoms. The Bertz CT molecular complexity index is 997. The number of hydrogen-bond donors (Lipinski definition) is 1. The number of esters is 1. The average molecular weight is 387 g/mol. The SMILES string of the molecule is CNS(=O)(=O)c1cccc(C(=O)OC(C)C(=O)c2ccc3c(c2)CCC3)c1. The Labute approximate surface area is 158 Å². The van der Waals surface area contributed by atoms with E-state index in [0.29, 0.717) is 5.56 Å². The maximum atomic E-state index is 12.6. The summed E-state index contributed by atoms with van der Waals surface area (Å²) in [6.45, 7) is 1.52. The summed E-state index contributed by atoms with van der Waals surface area (Å²) in [5, 5.41) is 0. The first kappa shape index (κ1) is 19.3. The summed E-state index contributed by atoms with van der Waals surface area (Å²) in [7, 11) is -2.38. The van der Waals surface area contributed by atoms with E-state index >= 15 is 0 Å². The number of carbonyl (C=O) groups excluding carboxylic acids is 2. The third kappa shape index (κ3) is 4.09. The highest BCUT2D eigenvalue weighted by atomic mass is 32.2. The molecule has 0 aliphatic heterocycles. The second kappa shape index (κ2) is 7.62. The highest BCUT2D eigenvalue weighted by molar-refractivity contribution is 7.89. The van der Waals surface area contributed by atoms with Crippen molar-refractivity contribution < 1.29 is 22.7 Å². The van der Waals surface area contributed by atoms with E-state index in [-0.39, 0.29) is 16.2 Å². The van der Waals surface area contributed by atoms with Crippen molar-refractivity contribution in [2.24, 2.45) is 0 Å². The van der Waals surface area contributed by atoms with Crippen LogP contribution in [0.1, 0.15) is 45.2 Å². The van der Waals surface area contributed by atoms with Gasteiger partial charge in [0, 0.05) is 5.56 Å². The summed E-state index contributed by atoms with van der Waals surface area (Å²) in [5.74, 6) is -1.03. The number of ether oxygens (including phenoxy) is 1. The fourth-order valence-electron chi connectivity index (χ4n) is 3.15. The van der Waals surface area contributed by atoms with E-state index in [1.165, 1.54) is 49.4 Å². The molecule has 2 aromatic carbocycles. The molecule has 1 aliphatic carbocycles. The van der Waals surface area contributed by atoms with Crippen LogP contribution in [0.15, 0.2) is 47.4 Å². The molecule has 0 bridgehead atoms. The maximum Gasteiger partial charge on any atom is 0.338 e. The van der Waals surface area contributed by atoms with Crippen molar-refractivity contribution in [3.05, 3.63) is 64.7 Å². The Morgan fingerprint density at radius 3 is 2.52 bits per heavy atom. The van der Waals surface area contributed by atoms with E-state index in [2.05, 4.69) is 4.72 Å². The van der Waals surface area contributed by atoms with Gasteiger partial charge in [-0.25, -0.2) is 17.9 Å². The van der Waals surface area contributed by atoms with E-state index in [1.54, 1.807) is 6.07 Å². The minimum Gasteiger partial charge on any atom is -0.451 e. The Morgan fingerprint density at radius 2 is 1.78 bits per heavy atom. The van der Waals surface area contributed by atoms with Crippen LogP contribution in [0.3, 0.4) is 0 Å². The maximum absolute atomic E-state index is 12.6. The van der Waals surface area contributed by atoms with Crippen molar-refractivity contribution in [1.82, 2.24) is 4.72 Å². The molecule has 3 rings (SSSR count). The lowest BCUT2D eigenvalue weighted by atomic mass is 10.0. The summed E-state index contributed by atoms with van der Waals surface area (Å²) in [4.78, 5) is 24.9. The first-order valence-corrected chi connectivity index (χ1v) is 10.2. The van der Waals surface area contributed by atoms with Crippen molar-refractivity contribution in [3.8, 4) is 0 Å². The predicted octanol–water partition coefficient (Wildman–Crippen LogP) is 2.51. The van der Waals surface area contributed by atoms with Gasteiger partial charge in [0.25, 0.3) is 0 Å². The summed E-state index contributed by atoms with van der Waals surface area (Å²) in [6, 6.07) is 11.1. The minimum absolute atomic E-state index is 0.0444. The van der Waals surface area contributed by atoms with Gasteiger partial charge in [0.15, 0.2) is 6.10 Å². The number of benzene rings is 2. The molecule has 142 valence electrons. The molecule has 0 amide bonds. The average Bonchev–Trinajstić information content (AvgIpc) is 3.15.